The first kappa shape index (κ1) is 18.1. The number of phenols is 1. The van der Waals surface area contributed by atoms with E-state index in [2.05, 4.69) is 46.8 Å². The maximum absolute atomic E-state index is 10.2. The SMILES string of the molecule is CC1(C)CCC[C@]2(C)[C@H]3CC[C@]4(C)c5cc(O)ccc5C[C@@H]4[C@]3(C)CC[C@@H]12. The molecule has 0 bridgehead atoms. The van der Waals surface area contributed by atoms with Gasteiger partial charge in [0.1, 0.15) is 5.75 Å². The summed E-state index contributed by atoms with van der Waals surface area (Å²) in [5, 5.41) is 10.2. The molecule has 0 unspecified atom stereocenters. The summed E-state index contributed by atoms with van der Waals surface area (Å²) in [6, 6.07) is 6.21. The standard InChI is InChI=1S/C26H38O/c1-23(2)11-6-12-25(4)20(23)9-14-26(5)21(25)10-13-24(3)19-16-18(27)8-7-17(19)15-22(24)26/h7-8,16,20-22,27H,6,9-15H2,1-5H3/t20-,21+,22-,24+,25-,26+/m0/s1. The summed E-state index contributed by atoms with van der Waals surface area (Å²) in [5.41, 5.74) is 4.71. The molecule has 0 saturated heterocycles. The normalized spacial score (nSPS) is 47.5. The van der Waals surface area contributed by atoms with Crippen molar-refractivity contribution in [2.24, 2.45) is 34.0 Å². The number of hydrogen-bond donors (Lipinski definition) is 1. The molecule has 5 rings (SSSR count). The van der Waals surface area contributed by atoms with E-state index in [-0.39, 0.29) is 5.41 Å². The average Bonchev–Trinajstić information content (AvgIpc) is 2.87. The molecule has 4 aliphatic carbocycles. The Morgan fingerprint density at radius 1 is 0.815 bits per heavy atom. The van der Waals surface area contributed by atoms with Gasteiger partial charge >= 0.3 is 0 Å². The summed E-state index contributed by atoms with van der Waals surface area (Å²) < 4.78 is 0. The van der Waals surface area contributed by atoms with Crippen molar-refractivity contribution in [1.82, 2.24) is 0 Å². The topological polar surface area (TPSA) is 20.2 Å². The Morgan fingerprint density at radius 2 is 1.52 bits per heavy atom. The van der Waals surface area contributed by atoms with Crippen LogP contribution in [0.15, 0.2) is 18.2 Å². The van der Waals surface area contributed by atoms with Gasteiger partial charge in [0.2, 0.25) is 0 Å². The van der Waals surface area contributed by atoms with E-state index in [4.69, 9.17) is 0 Å². The van der Waals surface area contributed by atoms with Gasteiger partial charge in [-0.05, 0) is 108 Å². The molecule has 1 N–H and O–H groups in total. The van der Waals surface area contributed by atoms with Gasteiger partial charge in [0.15, 0.2) is 0 Å². The Kier molecular flexibility index (Phi) is 3.57. The summed E-state index contributed by atoms with van der Waals surface area (Å²) in [5.74, 6) is 2.95. The lowest BCUT2D eigenvalue weighted by molar-refractivity contribution is -0.175. The van der Waals surface area contributed by atoms with Crippen molar-refractivity contribution in [3.05, 3.63) is 29.3 Å². The summed E-state index contributed by atoms with van der Waals surface area (Å²) in [6.07, 6.45) is 11.0. The number of benzene rings is 1. The van der Waals surface area contributed by atoms with Crippen LogP contribution in [0.5, 0.6) is 5.75 Å². The second kappa shape index (κ2) is 5.33. The van der Waals surface area contributed by atoms with Gasteiger partial charge in [0, 0.05) is 0 Å². The minimum atomic E-state index is 0.257. The maximum Gasteiger partial charge on any atom is 0.115 e. The highest BCUT2D eigenvalue weighted by atomic mass is 16.3. The van der Waals surface area contributed by atoms with Crippen LogP contribution in [0.25, 0.3) is 0 Å². The lowest BCUT2D eigenvalue weighted by Crippen LogP contribution is -2.61. The molecule has 1 nitrogen and oxygen atoms in total. The molecule has 27 heavy (non-hydrogen) atoms. The van der Waals surface area contributed by atoms with Gasteiger partial charge in [0.05, 0.1) is 0 Å². The Balaban J connectivity index is 1.57. The lowest BCUT2D eigenvalue weighted by Gasteiger charge is -2.67. The largest absolute Gasteiger partial charge is 0.508 e. The average molecular weight is 367 g/mol. The Hall–Kier alpha value is -0.980. The molecule has 3 saturated carbocycles. The zero-order valence-corrected chi connectivity index (χ0v) is 18.1. The van der Waals surface area contributed by atoms with E-state index in [0.717, 1.165) is 17.8 Å². The molecule has 0 spiro atoms. The first-order valence-corrected chi connectivity index (χ1v) is 11.4. The van der Waals surface area contributed by atoms with Crippen LogP contribution in [0.4, 0.5) is 0 Å². The van der Waals surface area contributed by atoms with E-state index in [9.17, 15) is 5.11 Å². The van der Waals surface area contributed by atoms with Gasteiger partial charge in [-0.25, -0.2) is 0 Å². The summed E-state index contributed by atoms with van der Waals surface area (Å²) in [6.45, 7) is 13.0. The number of aromatic hydroxyl groups is 1. The van der Waals surface area contributed by atoms with E-state index in [1.54, 1.807) is 0 Å². The van der Waals surface area contributed by atoms with E-state index in [1.807, 2.05) is 6.07 Å². The van der Waals surface area contributed by atoms with Crippen LogP contribution in [0.1, 0.15) is 90.7 Å². The smallest absolute Gasteiger partial charge is 0.115 e. The minimum absolute atomic E-state index is 0.257. The molecule has 3 fully saturated rings. The fourth-order valence-corrected chi connectivity index (χ4v) is 9.38. The Morgan fingerprint density at radius 3 is 2.30 bits per heavy atom. The molecule has 148 valence electrons. The van der Waals surface area contributed by atoms with Crippen molar-refractivity contribution in [1.29, 1.82) is 0 Å². The molecular weight excluding hydrogens is 328 g/mol. The number of hydrogen-bond acceptors (Lipinski definition) is 1. The predicted octanol–water partition coefficient (Wildman–Crippen LogP) is 6.86. The van der Waals surface area contributed by atoms with E-state index >= 15 is 0 Å². The zero-order chi connectivity index (χ0) is 19.2. The molecule has 0 radical (unpaired) electrons. The predicted molar refractivity (Wildman–Crippen MR) is 112 cm³/mol. The third-order valence-electron chi connectivity index (χ3n) is 10.5. The van der Waals surface area contributed by atoms with Crippen molar-refractivity contribution >= 4 is 0 Å². The van der Waals surface area contributed by atoms with Gasteiger partial charge < -0.3 is 5.11 Å². The minimum Gasteiger partial charge on any atom is -0.508 e. The van der Waals surface area contributed by atoms with Gasteiger partial charge in [-0.2, -0.15) is 0 Å². The van der Waals surface area contributed by atoms with Crippen molar-refractivity contribution < 1.29 is 5.11 Å². The molecule has 0 heterocycles. The van der Waals surface area contributed by atoms with Crippen molar-refractivity contribution in [3.8, 4) is 5.75 Å². The first-order chi connectivity index (χ1) is 12.6. The van der Waals surface area contributed by atoms with Crippen molar-refractivity contribution in [2.45, 2.75) is 91.4 Å². The van der Waals surface area contributed by atoms with Gasteiger partial charge in [-0.1, -0.05) is 47.1 Å². The van der Waals surface area contributed by atoms with Crippen LogP contribution in [0.3, 0.4) is 0 Å². The molecule has 0 aliphatic heterocycles. The van der Waals surface area contributed by atoms with Crippen LogP contribution in [-0.4, -0.2) is 5.11 Å². The third-order valence-corrected chi connectivity index (χ3v) is 10.5. The lowest BCUT2D eigenvalue weighted by atomic mass is 9.37. The zero-order valence-electron chi connectivity index (χ0n) is 18.1. The van der Waals surface area contributed by atoms with Crippen LogP contribution >= 0.6 is 0 Å². The Labute approximate surface area is 166 Å². The van der Waals surface area contributed by atoms with Crippen LogP contribution < -0.4 is 0 Å². The third kappa shape index (κ3) is 2.18. The second-order valence-corrected chi connectivity index (χ2v) is 12.1. The van der Waals surface area contributed by atoms with Crippen molar-refractivity contribution in [3.63, 3.8) is 0 Å². The maximum atomic E-state index is 10.2. The van der Waals surface area contributed by atoms with Gasteiger partial charge in [-0.15, -0.1) is 0 Å². The highest BCUT2D eigenvalue weighted by Gasteiger charge is 2.65. The number of phenolic OH excluding ortho intramolecular Hbond substituents is 1. The van der Waals surface area contributed by atoms with Gasteiger partial charge in [-0.3, -0.25) is 0 Å². The number of fused-ring (bicyclic) bond motifs is 7. The van der Waals surface area contributed by atoms with Gasteiger partial charge in [0.25, 0.3) is 0 Å². The van der Waals surface area contributed by atoms with Crippen LogP contribution in [0, 0.1) is 34.0 Å². The fraction of sp³-hybridized carbons (Fsp3) is 0.769. The molecule has 1 heteroatoms. The first-order valence-electron chi connectivity index (χ1n) is 11.4. The molecule has 0 aromatic heterocycles. The highest BCUT2D eigenvalue weighted by Crippen LogP contribution is 2.72. The quantitative estimate of drug-likeness (QED) is 0.531. The molecule has 1 aromatic carbocycles. The van der Waals surface area contributed by atoms with E-state index in [1.165, 1.54) is 62.5 Å². The fourth-order valence-electron chi connectivity index (χ4n) is 9.38. The van der Waals surface area contributed by atoms with Crippen LogP contribution in [0.2, 0.25) is 0 Å². The monoisotopic (exact) mass is 366 g/mol. The second-order valence-electron chi connectivity index (χ2n) is 12.1. The molecular formula is C26H38O. The summed E-state index contributed by atoms with van der Waals surface area (Å²) in [4.78, 5) is 0. The summed E-state index contributed by atoms with van der Waals surface area (Å²) >= 11 is 0. The molecule has 1 aromatic rings. The molecule has 4 aliphatic rings. The summed E-state index contributed by atoms with van der Waals surface area (Å²) in [7, 11) is 0. The van der Waals surface area contributed by atoms with Crippen LogP contribution in [-0.2, 0) is 11.8 Å². The van der Waals surface area contributed by atoms with Crippen molar-refractivity contribution in [2.75, 3.05) is 0 Å². The molecule has 0 amide bonds. The Bertz CT molecular complexity index is 778. The molecule has 6 atom stereocenters. The highest BCUT2D eigenvalue weighted by molar-refractivity contribution is 5.46. The van der Waals surface area contributed by atoms with E-state index in [0.29, 0.717) is 22.0 Å². The number of rotatable bonds is 0. The van der Waals surface area contributed by atoms with E-state index < -0.39 is 0 Å².